The molecule has 4 heterocycles. The molecule has 0 saturated carbocycles. The van der Waals surface area contributed by atoms with Gasteiger partial charge in [0.25, 0.3) is 0 Å². The molecule has 12 aromatic carbocycles. The average molecular weight is 1670 g/mol. The average Bonchev–Trinajstić information content (AvgIpc) is 1.65. The molecular weight excluding hydrogens is 1570 g/mol. The van der Waals surface area contributed by atoms with Crippen molar-refractivity contribution in [2.45, 2.75) is 104 Å². The van der Waals surface area contributed by atoms with Gasteiger partial charge in [0, 0.05) is 35.8 Å². The maximum absolute atomic E-state index is 6.12. The van der Waals surface area contributed by atoms with E-state index in [-0.39, 0.29) is 48.8 Å². The van der Waals surface area contributed by atoms with Crippen molar-refractivity contribution in [1.82, 2.24) is 0 Å². The first-order valence-electron chi connectivity index (χ1n) is 37.5. The second-order valence-corrected chi connectivity index (χ2v) is 30.8. The highest BCUT2D eigenvalue weighted by Gasteiger charge is 2.39. The molecule has 0 radical (unpaired) electrons. The van der Waals surface area contributed by atoms with Gasteiger partial charge >= 0.3 is 0 Å². The van der Waals surface area contributed by atoms with Gasteiger partial charge in [-0.3, -0.25) is 20.0 Å². The number of nitrogens with zero attached hydrogens (tertiary/aromatic N) is 8. The maximum Gasteiger partial charge on any atom is 0.148 e. The summed E-state index contributed by atoms with van der Waals surface area (Å²) in [6, 6.07) is 104. The Labute approximate surface area is 681 Å². The predicted molar refractivity (Wildman–Crippen MR) is 473 cm³/mol. The molecule has 4 aliphatic rings. The minimum absolute atomic E-state index is 0.0513. The number of aryl methyl sites for hydroxylation is 4. The number of para-hydroxylation sites is 1. The second kappa shape index (κ2) is 35.9. The molecule has 15 heteroatoms. The van der Waals surface area contributed by atoms with Gasteiger partial charge in [-0.15, -0.1) is 0 Å². The van der Waals surface area contributed by atoms with Crippen LogP contribution in [0.3, 0.4) is 0 Å². The Morgan fingerprint density at radius 3 is 0.757 bits per heavy atom. The molecule has 0 N–H and O–H groups in total. The van der Waals surface area contributed by atoms with Crippen LogP contribution in [0.4, 0.5) is 22.7 Å². The van der Waals surface area contributed by atoms with Gasteiger partial charge in [-0.2, -0.15) is 0 Å². The fourth-order valence-corrected chi connectivity index (χ4v) is 15.4. The third-order valence-corrected chi connectivity index (χ3v) is 22.3. The van der Waals surface area contributed by atoms with Gasteiger partial charge in [-0.25, -0.2) is 0 Å². The first kappa shape index (κ1) is 78.3. The van der Waals surface area contributed by atoms with Crippen molar-refractivity contribution in [3.8, 4) is 23.0 Å². The minimum Gasteiger partial charge on any atom is -0.497 e. The molecule has 0 saturated heterocycles. The summed E-state index contributed by atoms with van der Waals surface area (Å²) in [6.45, 7) is 17.3. The molecule has 12 nitrogen and oxygen atoms in total. The van der Waals surface area contributed by atoms with Crippen LogP contribution in [0.5, 0.6) is 23.0 Å². The summed E-state index contributed by atoms with van der Waals surface area (Å²) in [7, 11) is 6.75. The first-order chi connectivity index (χ1) is 53.9. The van der Waals surface area contributed by atoms with E-state index in [0.717, 1.165) is 94.5 Å². The molecule has 8 atom stereocenters. The van der Waals surface area contributed by atoms with Gasteiger partial charge in [0.1, 0.15) is 47.7 Å². The number of anilines is 4. The summed E-state index contributed by atoms with van der Waals surface area (Å²) in [6.07, 6.45) is -0.279. The fraction of sp³-hybridized carbons (Fsp3) is 0.208. The molecule has 0 aliphatic carbocycles. The van der Waals surface area contributed by atoms with E-state index >= 15 is 0 Å². The van der Waals surface area contributed by atoms with Crippen LogP contribution >= 0.6 is 50.1 Å². The number of rotatable bonds is 16. The maximum atomic E-state index is 6.12. The molecule has 4 aliphatic heterocycles. The summed E-state index contributed by atoms with van der Waals surface area (Å²) < 4.78 is 23.6. The molecule has 111 heavy (non-hydrogen) atoms. The van der Waals surface area contributed by atoms with E-state index < -0.39 is 0 Å². The molecular formula is C96H93BrClIN8O4. The quantitative estimate of drug-likeness (QED) is 0.0882. The van der Waals surface area contributed by atoms with Crippen molar-refractivity contribution >= 4 is 95.7 Å². The Balaban J connectivity index is 0.000000130. The van der Waals surface area contributed by atoms with Crippen molar-refractivity contribution < 1.29 is 18.9 Å². The van der Waals surface area contributed by atoms with Crippen molar-refractivity contribution in [2.75, 3.05) is 48.0 Å². The summed E-state index contributed by atoms with van der Waals surface area (Å²) >= 11 is 12.0. The van der Waals surface area contributed by atoms with E-state index in [9.17, 15) is 0 Å². The molecule has 0 fully saturated rings. The van der Waals surface area contributed by atoms with E-state index in [1.54, 1.807) is 28.4 Å². The number of hydrogen-bond donors (Lipinski definition) is 0. The Bertz CT molecular complexity index is 4800. The zero-order valence-corrected chi connectivity index (χ0v) is 69.3. The Morgan fingerprint density at radius 1 is 0.288 bits per heavy atom. The van der Waals surface area contributed by atoms with Crippen molar-refractivity contribution in [3.05, 3.63) is 377 Å². The van der Waals surface area contributed by atoms with Crippen LogP contribution in [0.25, 0.3) is 0 Å². The third kappa shape index (κ3) is 18.2. The van der Waals surface area contributed by atoms with E-state index in [4.69, 9.17) is 50.5 Å². The lowest BCUT2D eigenvalue weighted by Crippen LogP contribution is -2.35. The zero-order chi connectivity index (χ0) is 77.8. The zero-order valence-electron chi connectivity index (χ0n) is 64.8. The number of hydrogen-bond acceptors (Lipinski definition) is 12. The van der Waals surface area contributed by atoms with E-state index in [1.807, 2.05) is 66.7 Å². The Hall–Kier alpha value is -10.8. The van der Waals surface area contributed by atoms with Gasteiger partial charge in [0.2, 0.25) is 0 Å². The van der Waals surface area contributed by atoms with Gasteiger partial charge in [0.05, 0.1) is 75.5 Å². The molecule has 0 aromatic heterocycles. The topological polar surface area (TPSA) is 99.3 Å². The molecule has 562 valence electrons. The smallest absolute Gasteiger partial charge is 0.148 e. The lowest BCUT2D eigenvalue weighted by molar-refractivity contribution is 0.414. The van der Waals surface area contributed by atoms with Crippen LogP contribution in [0.1, 0.15) is 119 Å². The molecule has 8 unspecified atom stereocenters. The summed E-state index contributed by atoms with van der Waals surface area (Å²) in [4.78, 5) is 30.1. The normalized spacial score (nSPS) is 18.9. The van der Waals surface area contributed by atoms with Crippen LogP contribution in [0.15, 0.2) is 322 Å². The first-order valence-corrected chi connectivity index (χ1v) is 39.7. The summed E-state index contributed by atoms with van der Waals surface area (Å²) in [5.41, 5.74) is 23.4. The lowest BCUT2D eigenvalue weighted by Gasteiger charge is -2.30. The number of methoxy groups -OCH3 is 4. The second-order valence-electron chi connectivity index (χ2n) is 28.2. The van der Waals surface area contributed by atoms with Crippen molar-refractivity contribution in [3.63, 3.8) is 0 Å². The van der Waals surface area contributed by atoms with Gasteiger partial charge in [-0.1, -0.05) is 214 Å². The highest BCUT2D eigenvalue weighted by molar-refractivity contribution is 14.1. The van der Waals surface area contributed by atoms with E-state index in [2.05, 4.69) is 344 Å². The van der Waals surface area contributed by atoms with Crippen molar-refractivity contribution in [2.24, 2.45) is 20.0 Å². The minimum atomic E-state index is -0.0987. The van der Waals surface area contributed by atoms with Gasteiger partial charge < -0.3 is 38.5 Å². The third-order valence-electron chi connectivity index (χ3n) is 20.8. The van der Waals surface area contributed by atoms with Crippen LogP contribution < -0.4 is 38.5 Å². The lowest BCUT2D eigenvalue weighted by atomic mass is 10.0. The standard InChI is InChI=1S/C24H23BrN2O.C24H23ClN2O.C24H23IN2O.C24H24N2O/c3*1-16-4-6-18(7-5-16)23-17(2)27(21-12-10-20(25)11-13-21)24(26-23)19-8-14-22(28-3)15-9-19;1-17-9-11-19(12-10-17)23-18(2)26(21-7-5-4-6-8-21)24(25-23)20-13-15-22(27-3)16-14-20/h3*4-15,17,24H,1-3H3;4-16,18,24H,1-3H3. The van der Waals surface area contributed by atoms with Gasteiger partial charge in [0.15, 0.2) is 0 Å². The predicted octanol–water partition coefficient (Wildman–Crippen LogP) is 23.6. The Kier molecular flexibility index (Phi) is 25.4. The monoisotopic (exact) mass is 1660 g/mol. The van der Waals surface area contributed by atoms with Crippen LogP contribution in [-0.4, -0.2) is 75.5 Å². The number of ether oxygens (including phenoxy) is 4. The van der Waals surface area contributed by atoms with E-state index in [1.165, 1.54) is 53.9 Å². The van der Waals surface area contributed by atoms with Crippen LogP contribution in [0, 0.1) is 31.3 Å². The van der Waals surface area contributed by atoms with Crippen LogP contribution in [-0.2, 0) is 0 Å². The summed E-state index contributed by atoms with van der Waals surface area (Å²) in [5, 5.41) is 0.733. The van der Waals surface area contributed by atoms with Crippen molar-refractivity contribution in [1.29, 1.82) is 0 Å². The summed E-state index contributed by atoms with van der Waals surface area (Å²) in [5.74, 6) is 3.42. The largest absolute Gasteiger partial charge is 0.497 e. The van der Waals surface area contributed by atoms with Crippen LogP contribution in [0.2, 0.25) is 5.02 Å². The van der Waals surface area contributed by atoms with E-state index in [0.29, 0.717) is 0 Å². The highest BCUT2D eigenvalue weighted by Crippen LogP contribution is 2.43. The highest BCUT2D eigenvalue weighted by atomic mass is 127. The molecule has 0 amide bonds. The molecule has 16 rings (SSSR count). The molecule has 0 spiro atoms. The Morgan fingerprint density at radius 2 is 0.514 bits per heavy atom. The SMILES string of the molecule is COc1ccc(C2N=C(c3ccc(C)cc3)C(C)N2c2ccc(Br)cc2)cc1.COc1ccc(C2N=C(c3ccc(C)cc3)C(C)N2c2ccc(Cl)cc2)cc1.COc1ccc(C2N=C(c3ccc(C)cc3)C(C)N2c2ccc(I)cc2)cc1.COc1ccc(C2N=C(c3ccc(C)cc3)C(C)N2c2ccccc2)cc1. The van der Waals surface area contributed by atoms with Gasteiger partial charge in [-0.05, 0) is 256 Å². The number of aliphatic imine (C=N–C) groups is 4. The number of benzene rings is 12. The fourth-order valence-electron chi connectivity index (χ4n) is 14.7. The number of halogens is 3. The molecule has 0 bridgehead atoms. The molecule has 12 aromatic rings.